The number of nitrogens with zero attached hydrogens (tertiary/aromatic N) is 4. The molecule has 2 aliphatic heterocycles. The summed E-state index contributed by atoms with van der Waals surface area (Å²) in [5, 5.41) is 9.77. The van der Waals surface area contributed by atoms with Crippen LogP contribution in [0.25, 0.3) is 11.3 Å². The van der Waals surface area contributed by atoms with Gasteiger partial charge in [0.2, 0.25) is 0 Å². The molecule has 2 aromatic carbocycles. The lowest BCUT2D eigenvalue weighted by Crippen LogP contribution is -2.47. The van der Waals surface area contributed by atoms with Crippen molar-refractivity contribution in [3.05, 3.63) is 65.6 Å². The van der Waals surface area contributed by atoms with Crippen molar-refractivity contribution in [2.45, 2.75) is 25.4 Å². The van der Waals surface area contributed by atoms with Gasteiger partial charge in [0.15, 0.2) is 11.5 Å². The van der Waals surface area contributed by atoms with Gasteiger partial charge in [-0.1, -0.05) is 6.07 Å². The van der Waals surface area contributed by atoms with E-state index in [4.69, 9.17) is 33.4 Å². The third kappa shape index (κ3) is 9.35. The quantitative estimate of drug-likeness (QED) is 0.241. The van der Waals surface area contributed by atoms with Gasteiger partial charge < -0.3 is 28.4 Å². The third-order valence-corrected chi connectivity index (χ3v) is 9.09. The van der Waals surface area contributed by atoms with Crippen molar-refractivity contribution < 1.29 is 36.8 Å². The lowest BCUT2D eigenvalue weighted by molar-refractivity contribution is 0.0254. The van der Waals surface area contributed by atoms with Gasteiger partial charge in [-0.2, -0.15) is 22.7 Å². The van der Waals surface area contributed by atoms with Crippen LogP contribution in [0.4, 0.5) is 0 Å². The summed E-state index contributed by atoms with van der Waals surface area (Å²) < 4.78 is 62.1. The number of nitrogens with one attached hydrogen (secondary N) is 1. The van der Waals surface area contributed by atoms with E-state index in [9.17, 15) is 13.7 Å². The molecule has 0 unspecified atom stereocenters. The molecule has 5 rings (SSSR count). The van der Waals surface area contributed by atoms with E-state index < -0.39 is 10.2 Å². The van der Waals surface area contributed by atoms with E-state index in [1.165, 1.54) is 4.31 Å². The molecule has 2 saturated heterocycles. The number of nitriles is 1. The number of aromatic nitrogens is 2. The highest BCUT2D eigenvalue weighted by atomic mass is 32.2. The van der Waals surface area contributed by atoms with E-state index in [0.29, 0.717) is 80.3 Å². The minimum absolute atomic E-state index is 0.0427. The van der Waals surface area contributed by atoms with Crippen LogP contribution in [0.3, 0.4) is 0 Å². The first-order chi connectivity index (χ1) is 22.4. The molecule has 0 bridgehead atoms. The molecule has 3 aromatic rings. The zero-order valence-electron chi connectivity index (χ0n) is 25.9. The number of ether oxygens (including phenoxy) is 6. The minimum atomic E-state index is -3.53. The maximum absolute atomic E-state index is 12.3. The summed E-state index contributed by atoms with van der Waals surface area (Å²) in [6.45, 7) is 3.73. The van der Waals surface area contributed by atoms with E-state index in [0.717, 1.165) is 24.0 Å². The SMILES string of the molecule is COc1cc(Cc2nccc(-c3ccc(OC4CCOCC4)c(C#N)c3)n2)ccc1OCCOCCNS(=O)(=O)N1CCOCC1. The molecule has 2 fully saturated rings. The fraction of sp³-hybridized carbons (Fsp3) is 0.469. The Morgan fingerprint density at radius 1 is 0.978 bits per heavy atom. The van der Waals surface area contributed by atoms with Gasteiger partial charge >= 0.3 is 0 Å². The average Bonchev–Trinajstić information content (AvgIpc) is 3.09. The van der Waals surface area contributed by atoms with Crippen molar-refractivity contribution in [2.24, 2.45) is 0 Å². The first-order valence-corrected chi connectivity index (χ1v) is 16.7. The first-order valence-electron chi connectivity index (χ1n) is 15.3. The monoisotopic (exact) mass is 653 g/mol. The molecule has 246 valence electrons. The number of rotatable bonds is 15. The highest BCUT2D eigenvalue weighted by Crippen LogP contribution is 2.30. The van der Waals surface area contributed by atoms with Gasteiger partial charge in [-0.15, -0.1) is 0 Å². The standard InChI is InChI=1S/C32H39N5O8S/c1-40-31-20-24(2-4-30(31)44-19-18-42-15-10-35-46(38,39)37-11-16-43-17-12-37)21-32-34-9-6-28(36-32)25-3-5-29(26(22-25)23-33)45-27-7-13-41-14-8-27/h2-6,9,20,22,27,35H,7-8,10-19,21H2,1H3. The Labute approximate surface area is 269 Å². The molecule has 2 aliphatic rings. The predicted octanol–water partition coefficient (Wildman–Crippen LogP) is 2.73. The number of methoxy groups -OCH3 is 1. The van der Waals surface area contributed by atoms with E-state index in [2.05, 4.69) is 15.8 Å². The Morgan fingerprint density at radius 3 is 2.54 bits per heavy atom. The smallest absolute Gasteiger partial charge is 0.279 e. The van der Waals surface area contributed by atoms with Crippen LogP contribution < -0.4 is 18.9 Å². The van der Waals surface area contributed by atoms with E-state index in [1.54, 1.807) is 19.4 Å². The van der Waals surface area contributed by atoms with Crippen LogP contribution in [0.15, 0.2) is 48.7 Å². The summed E-state index contributed by atoms with van der Waals surface area (Å²) in [6.07, 6.45) is 3.82. The van der Waals surface area contributed by atoms with Crippen molar-refractivity contribution in [2.75, 3.05) is 73.0 Å². The van der Waals surface area contributed by atoms with Crippen molar-refractivity contribution in [3.63, 3.8) is 0 Å². The molecule has 0 amide bonds. The summed E-state index contributed by atoms with van der Waals surface area (Å²) in [6, 6.07) is 15.2. The Balaban J connectivity index is 1.11. The van der Waals surface area contributed by atoms with E-state index in [1.807, 2.05) is 36.4 Å². The molecule has 13 nitrogen and oxygen atoms in total. The van der Waals surface area contributed by atoms with Crippen molar-refractivity contribution in [1.29, 1.82) is 5.26 Å². The second-order valence-electron chi connectivity index (χ2n) is 10.6. The Hall–Kier alpha value is -3.84. The molecule has 3 heterocycles. The predicted molar refractivity (Wildman–Crippen MR) is 168 cm³/mol. The van der Waals surface area contributed by atoms with Crippen LogP contribution in [0, 0.1) is 11.3 Å². The molecule has 46 heavy (non-hydrogen) atoms. The number of morpholine rings is 1. The molecule has 0 saturated carbocycles. The normalized spacial score (nSPS) is 16.1. The molecule has 1 N–H and O–H groups in total. The summed E-state index contributed by atoms with van der Waals surface area (Å²) in [5.74, 6) is 2.31. The van der Waals surface area contributed by atoms with E-state index in [-0.39, 0.29) is 32.5 Å². The zero-order chi connectivity index (χ0) is 32.2. The van der Waals surface area contributed by atoms with Crippen LogP contribution in [0.1, 0.15) is 29.8 Å². The fourth-order valence-corrected chi connectivity index (χ4v) is 6.21. The van der Waals surface area contributed by atoms with Gasteiger partial charge in [0, 0.05) is 50.7 Å². The molecule has 0 aliphatic carbocycles. The summed E-state index contributed by atoms with van der Waals surface area (Å²) in [5.41, 5.74) is 2.91. The first kappa shape index (κ1) is 33.5. The van der Waals surface area contributed by atoms with E-state index >= 15 is 0 Å². The van der Waals surface area contributed by atoms with Gasteiger partial charge in [-0.05, 0) is 42.0 Å². The molecule has 0 atom stereocenters. The second kappa shape index (κ2) is 16.6. The number of benzene rings is 2. The third-order valence-electron chi connectivity index (χ3n) is 7.48. The van der Waals surface area contributed by atoms with Gasteiger partial charge in [-0.3, -0.25) is 0 Å². The van der Waals surface area contributed by atoms with Crippen LogP contribution in [0.2, 0.25) is 0 Å². The average molecular weight is 654 g/mol. The largest absolute Gasteiger partial charge is 0.493 e. The lowest BCUT2D eigenvalue weighted by atomic mass is 10.1. The molecule has 14 heteroatoms. The van der Waals surface area contributed by atoms with Crippen LogP contribution in [-0.2, 0) is 30.8 Å². The maximum atomic E-state index is 12.3. The second-order valence-corrected chi connectivity index (χ2v) is 12.4. The van der Waals surface area contributed by atoms with Crippen molar-refractivity contribution in [1.82, 2.24) is 19.0 Å². The summed E-state index contributed by atoms with van der Waals surface area (Å²) in [4.78, 5) is 9.20. The van der Waals surface area contributed by atoms with Crippen LogP contribution in [0.5, 0.6) is 17.2 Å². The molecular weight excluding hydrogens is 614 g/mol. The van der Waals surface area contributed by atoms with Gasteiger partial charge in [-0.25, -0.2) is 9.97 Å². The lowest BCUT2D eigenvalue weighted by Gasteiger charge is -2.26. The number of hydrogen-bond acceptors (Lipinski definition) is 11. The molecular formula is C32H39N5O8S. The summed E-state index contributed by atoms with van der Waals surface area (Å²) in [7, 11) is -1.96. The molecule has 0 radical (unpaired) electrons. The van der Waals surface area contributed by atoms with Crippen LogP contribution >= 0.6 is 0 Å². The fourth-order valence-electron chi connectivity index (χ4n) is 5.06. The Morgan fingerprint density at radius 2 is 1.76 bits per heavy atom. The van der Waals surface area contributed by atoms with Crippen LogP contribution in [-0.4, -0.2) is 102 Å². The topological polar surface area (TPSA) is 154 Å². The maximum Gasteiger partial charge on any atom is 0.279 e. The minimum Gasteiger partial charge on any atom is -0.493 e. The highest BCUT2D eigenvalue weighted by molar-refractivity contribution is 7.87. The molecule has 1 aromatic heterocycles. The highest BCUT2D eigenvalue weighted by Gasteiger charge is 2.23. The number of hydrogen-bond donors (Lipinski definition) is 1. The van der Waals surface area contributed by atoms with Gasteiger partial charge in [0.05, 0.1) is 58.0 Å². The summed E-state index contributed by atoms with van der Waals surface area (Å²) >= 11 is 0. The zero-order valence-corrected chi connectivity index (χ0v) is 26.7. The van der Waals surface area contributed by atoms with Crippen molar-refractivity contribution >= 4 is 10.2 Å². The van der Waals surface area contributed by atoms with Gasteiger partial charge in [0.25, 0.3) is 10.2 Å². The van der Waals surface area contributed by atoms with Crippen molar-refractivity contribution in [3.8, 4) is 34.6 Å². The molecule has 0 spiro atoms. The Bertz CT molecular complexity index is 1590. The van der Waals surface area contributed by atoms with Gasteiger partial charge in [0.1, 0.15) is 30.4 Å². The Kier molecular flexibility index (Phi) is 12.1.